The molecule has 0 fully saturated rings. The van der Waals surface area contributed by atoms with Crippen LogP contribution in [0.5, 0.6) is 0 Å². The van der Waals surface area contributed by atoms with Gasteiger partial charge in [0.05, 0.1) is 6.04 Å². The van der Waals surface area contributed by atoms with Crippen molar-refractivity contribution in [3.05, 3.63) is 42.5 Å². The number of carbonyl (C=O) groups excluding carboxylic acids is 1. The van der Waals surface area contributed by atoms with E-state index in [1.165, 1.54) is 0 Å². The summed E-state index contributed by atoms with van der Waals surface area (Å²) in [7, 11) is 0. The van der Waals surface area contributed by atoms with Crippen molar-refractivity contribution in [1.29, 1.82) is 0 Å². The molecule has 2 aromatic rings. The monoisotopic (exact) mass is 214 g/mol. The number of amides is 1. The number of hydrogen-bond acceptors (Lipinski definition) is 2. The van der Waals surface area contributed by atoms with Crippen molar-refractivity contribution in [2.24, 2.45) is 5.73 Å². The molecule has 82 valence electrons. The van der Waals surface area contributed by atoms with Gasteiger partial charge in [-0.05, 0) is 18.4 Å². The molecule has 3 heteroatoms. The molecule has 3 N–H and O–H groups in total. The first kappa shape index (κ1) is 10.6. The van der Waals surface area contributed by atoms with Gasteiger partial charge in [0.1, 0.15) is 0 Å². The Morgan fingerprint density at radius 2 is 1.88 bits per heavy atom. The van der Waals surface area contributed by atoms with Crippen LogP contribution in [0.2, 0.25) is 0 Å². The first-order chi connectivity index (χ1) is 7.68. The number of rotatable bonds is 2. The lowest BCUT2D eigenvalue weighted by Crippen LogP contribution is -2.32. The van der Waals surface area contributed by atoms with Crippen LogP contribution >= 0.6 is 0 Å². The van der Waals surface area contributed by atoms with Crippen LogP contribution in [0.25, 0.3) is 10.8 Å². The lowest BCUT2D eigenvalue weighted by molar-refractivity contribution is -0.117. The number of fused-ring (bicyclic) bond motifs is 1. The van der Waals surface area contributed by atoms with Crippen molar-refractivity contribution in [3.8, 4) is 0 Å². The highest BCUT2D eigenvalue weighted by Crippen LogP contribution is 2.22. The highest BCUT2D eigenvalue weighted by Gasteiger charge is 2.08. The van der Waals surface area contributed by atoms with Crippen LogP contribution in [0.1, 0.15) is 6.92 Å². The topological polar surface area (TPSA) is 55.1 Å². The van der Waals surface area contributed by atoms with E-state index in [1.54, 1.807) is 6.92 Å². The maximum atomic E-state index is 11.5. The normalized spacial score (nSPS) is 12.4. The zero-order valence-electron chi connectivity index (χ0n) is 9.10. The highest BCUT2D eigenvalue weighted by atomic mass is 16.2. The molecule has 2 aromatic carbocycles. The Labute approximate surface area is 94.3 Å². The van der Waals surface area contributed by atoms with E-state index in [9.17, 15) is 4.79 Å². The number of carbonyl (C=O) groups is 1. The molecule has 1 amide bonds. The van der Waals surface area contributed by atoms with Gasteiger partial charge in [-0.2, -0.15) is 0 Å². The molecule has 2 rings (SSSR count). The van der Waals surface area contributed by atoms with Crippen molar-refractivity contribution in [2.45, 2.75) is 13.0 Å². The summed E-state index contributed by atoms with van der Waals surface area (Å²) in [5, 5.41) is 4.95. The maximum absolute atomic E-state index is 11.5. The van der Waals surface area contributed by atoms with Gasteiger partial charge < -0.3 is 11.1 Å². The summed E-state index contributed by atoms with van der Waals surface area (Å²) in [6, 6.07) is 13.2. The molecule has 3 nitrogen and oxygen atoms in total. The zero-order valence-corrected chi connectivity index (χ0v) is 9.10. The lowest BCUT2D eigenvalue weighted by atomic mass is 10.1. The smallest absolute Gasteiger partial charge is 0.241 e. The molecule has 0 aliphatic rings. The third-order valence-electron chi connectivity index (χ3n) is 2.46. The number of benzene rings is 2. The standard InChI is InChI=1S/C13H14N2O/c1-9(14)13(16)15-12-8-4-6-10-5-2-3-7-11(10)12/h2-9H,14H2,1H3,(H,15,16)/t9-/m0/s1. The molecule has 0 saturated carbocycles. The second-order valence-corrected chi connectivity index (χ2v) is 3.80. The largest absolute Gasteiger partial charge is 0.324 e. The molecule has 0 heterocycles. The highest BCUT2D eigenvalue weighted by molar-refractivity contribution is 6.03. The molecule has 0 unspecified atom stereocenters. The van der Waals surface area contributed by atoms with Crippen molar-refractivity contribution in [1.82, 2.24) is 0 Å². The molecule has 0 aromatic heterocycles. The quantitative estimate of drug-likeness (QED) is 0.804. The van der Waals surface area contributed by atoms with E-state index in [0.29, 0.717) is 0 Å². The predicted octanol–water partition coefficient (Wildman–Crippen LogP) is 2.13. The number of hydrogen-bond donors (Lipinski definition) is 2. The minimum Gasteiger partial charge on any atom is -0.324 e. The van der Waals surface area contributed by atoms with Crippen molar-refractivity contribution in [3.63, 3.8) is 0 Å². The third-order valence-corrected chi connectivity index (χ3v) is 2.46. The first-order valence-electron chi connectivity index (χ1n) is 5.22. The predicted molar refractivity (Wildman–Crippen MR) is 66.2 cm³/mol. The van der Waals surface area contributed by atoms with Gasteiger partial charge in [0.2, 0.25) is 5.91 Å². The van der Waals surface area contributed by atoms with Crippen LogP contribution in [0, 0.1) is 0 Å². The van der Waals surface area contributed by atoms with Gasteiger partial charge in [-0.3, -0.25) is 4.79 Å². The van der Waals surface area contributed by atoms with Gasteiger partial charge in [-0.1, -0.05) is 36.4 Å². The summed E-state index contributed by atoms with van der Waals surface area (Å²) >= 11 is 0. The van der Waals surface area contributed by atoms with E-state index in [2.05, 4.69) is 5.32 Å². The van der Waals surface area contributed by atoms with E-state index >= 15 is 0 Å². The summed E-state index contributed by atoms with van der Waals surface area (Å²) < 4.78 is 0. The van der Waals surface area contributed by atoms with Gasteiger partial charge in [0.25, 0.3) is 0 Å². The molecular weight excluding hydrogens is 200 g/mol. The average molecular weight is 214 g/mol. The average Bonchev–Trinajstić information content (AvgIpc) is 2.29. The van der Waals surface area contributed by atoms with Crippen molar-refractivity contribution in [2.75, 3.05) is 5.32 Å². The second kappa shape index (κ2) is 4.33. The van der Waals surface area contributed by atoms with Crippen molar-refractivity contribution >= 4 is 22.4 Å². The molecule has 16 heavy (non-hydrogen) atoms. The van der Waals surface area contributed by atoms with E-state index < -0.39 is 6.04 Å². The zero-order chi connectivity index (χ0) is 11.5. The summed E-state index contributed by atoms with van der Waals surface area (Å²) in [6.07, 6.45) is 0. The van der Waals surface area contributed by atoms with Crippen LogP contribution in [0.4, 0.5) is 5.69 Å². The molecule has 0 bridgehead atoms. The molecule has 0 aliphatic carbocycles. The van der Waals surface area contributed by atoms with Crippen LogP contribution in [0.15, 0.2) is 42.5 Å². The van der Waals surface area contributed by atoms with E-state index in [0.717, 1.165) is 16.5 Å². The van der Waals surface area contributed by atoms with Crippen LogP contribution in [-0.4, -0.2) is 11.9 Å². The van der Waals surface area contributed by atoms with Crippen LogP contribution in [0.3, 0.4) is 0 Å². The van der Waals surface area contributed by atoms with Gasteiger partial charge >= 0.3 is 0 Å². The number of anilines is 1. The van der Waals surface area contributed by atoms with Gasteiger partial charge in [0.15, 0.2) is 0 Å². The maximum Gasteiger partial charge on any atom is 0.241 e. The second-order valence-electron chi connectivity index (χ2n) is 3.80. The number of nitrogens with two attached hydrogens (primary N) is 1. The molecule has 0 radical (unpaired) electrons. The fourth-order valence-electron chi connectivity index (χ4n) is 1.58. The van der Waals surface area contributed by atoms with Crippen LogP contribution in [-0.2, 0) is 4.79 Å². The summed E-state index contributed by atoms with van der Waals surface area (Å²) in [5.41, 5.74) is 6.32. The fraction of sp³-hybridized carbons (Fsp3) is 0.154. The summed E-state index contributed by atoms with van der Waals surface area (Å²) in [4.78, 5) is 11.5. The van der Waals surface area contributed by atoms with E-state index in [-0.39, 0.29) is 5.91 Å². The summed E-state index contributed by atoms with van der Waals surface area (Å²) in [6.45, 7) is 1.67. The fourth-order valence-corrected chi connectivity index (χ4v) is 1.58. The SMILES string of the molecule is C[C@H](N)C(=O)Nc1cccc2ccccc12. The minimum atomic E-state index is -0.501. The van der Waals surface area contributed by atoms with Crippen LogP contribution < -0.4 is 11.1 Å². The Balaban J connectivity index is 2.41. The molecule has 0 aliphatic heterocycles. The summed E-state index contributed by atoms with van der Waals surface area (Å²) in [5.74, 6) is -0.170. The number of nitrogens with one attached hydrogen (secondary N) is 1. The van der Waals surface area contributed by atoms with Crippen molar-refractivity contribution < 1.29 is 4.79 Å². The Morgan fingerprint density at radius 3 is 2.62 bits per heavy atom. The molecule has 1 atom stereocenters. The lowest BCUT2D eigenvalue weighted by Gasteiger charge is -2.10. The molecular formula is C13H14N2O. The first-order valence-corrected chi connectivity index (χ1v) is 5.22. The Morgan fingerprint density at radius 1 is 1.19 bits per heavy atom. The van der Waals surface area contributed by atoms with Gasteiger partial charge in [0, 0.05) is 11.1 Å². The van der Waals surface area contributed by atoms with Gasteiger partial charge in [-0.15, -0.1) is 0 Å². The minimum absolute atomic E-state index is 0.170. The van der Waals surface area contributed by atoms with Gasteiger partial charge in [-0.25, -0.2) is 0 Å². The van der Waals surface area contributed by atoms with E-state index in [1.807, 2.05) is 42.5 Å². The Bertz CT molecular complexity index is 515. The van der Waals surface area contributed by atoms with E-state index in [4.69, 9.17) is 5.73 Å². The third kappa shape index (κ3) is 2.04. The Hall–Kier alpha value is -1.87. The molecule has 0 saturated heterocycles. The molecule has 0 spiro atoms. The Kier molecular flexibility index (Phi) is 2.88.